The zero-order valence-corrected chi connectivity index (χ0v) is 13.2. The zero-order chi connectivity index (χ0) is 15.7. The highest BCUT2D eigenvalue weighted by Crippen LogP contribution is 2.18. The SMILES string of the molecule is CCOCCCNC(=O)/C(C#N)=C/c1cc(Br)ccc1F. The third kappa shape index (κ3) is 6.06. The Morgan fingerprint density at radius 1 is 1.57 bits per heavy atom. The molecule has 1 N–H and O–H groups in total. The number of carbonyl (C=O) groups excluding carboxylic acids is 1. The first-order valence-corrected chi connectivity index (χ1v) is 7.30. The molecule has 6 heteroatoms. The molecule has 21 heavy (non-hydrogen) atoms. The van der Waals surface area contributed by atoms with E-state index in [0.717, 1.165) is 0 Å². The summed E-state index contributed by atoms with van der Waals surface area (Å²) in [5.74, 6) is -1.01. The first-order valence-electron chi connectivity index (χ1n) is 6.51. The first-order chi connectivity index (χ1) is 10.1. The van der Waals surface area contributed by atoms with Crippen LogP contribution in [0.15, 0.2) is 28.2 Å². The van der Waals surface area contributed by atoms with Crippen molar-refractivity contribution in [2.24, 2.45) is 0 Å². The number of nitrogens with zero attached hydrogens (tertiary/aromatic N) is 1. The molecule has 112 valence electrons. The van der Waals surface area contributed by atoms with E-state index < -0.39 is 11.7 Å². The summed E-state index contributed by atoms with van der Waals surface area (Å²) in [6.07, 6.45) is 1.89. The Kier molecular flexibility index (Phi) is 7.65. The van der Waals surface area contributed by atoms with E-state index in [0.29, 0.717) is 30.7 Å². The Morgan fingerprint density at radius 3 is 3.00 bits per heavy atom. The topological polar surface area (TPSA) is 62.1 Å². The van der Waals surface area contributed by atoms with E-state index in [2.05, 4.69) is 21.2 Å². The molecule has 0 atom stereocenters. The van der Waals surface area contributed by atoms with E-state index in [1.807, 2.05) is 6.92 Å². The zero-order valence-electron chi connectivity index (χ0n) is 11.7. The minimum Gasteiger partial charge on any atom is -0.382 e. The van der Waals surface area contributed by atoms with Crippen molar-refractivity contribution in [3.05, 3.63) is 39.6 Å². The number of benzene rings is 1. The van der Waals surface area contributed by atoms with Crippen LogP contribution >= 0.6 is 15.9 Å². The van der Waals surface area contributed by atoms with E-state index in [9.17, 15) is 9.18 Å². The molecule has 0 unspecified atom stereocenters. The molecule has 0 saturated carbocycles. The fraction of sp³-hybridized carbons (Fsp3) is 0.333. The monoisotopic (exact) mass is 354 g/mol. The van der Waals surface area contributed by atoms with Gasteiger partial charge in [-0.2, -0.15) is 5.26 Å². The molecule has 0 radical (unpaired) electrons. The lowest BCUT2D eigenvalue weighted by Crippen LogP contribution is -2.26. The second-order valence-corrected chi connectivity index (χ2v) is 5.06. The van der Waals surface area contributed by atoms with Crippen molar-refractivity contribution in [2.45, 2.75) is 13.3 Å². The lowest BCUT2D eigenvalue weighted by atomic mass is 10.1. The standard InChI is InChI=1S/C15H16BrFN2O2/c1-2-21-7-3-6-19-15(20)12(10-18)8-11-9-13(16)4-5-14(11)17/h4-5,8-9H,2-3,6-7H2,1H3,(H,19,20)/b12-8+. The predicted molar refractivity (Wildman–Crippen MR) is 81.8 cm³/mol. The van der Waals surface area contributed by atoms with Crippen molar-refractivity contribution in [2.75, 3.05) is 19.8 Å². The largest absolute Gasteiger partial charge is 0.382 e. The molecule has 1 aromatic carbocycles. The Morgan fingerprint density at radius 2 is 2.33 bits per heavy atom. The Balaban J connectivity index is 2.69. The number of nitriles is 1. The van der Waals surface area contributed by atoms with Crippen LogP contribution in [0, 0.1) is 17.1 Å². The summed E-state index contributed by atoms with van der Waals surface area (Å²) >= 11 is 3.22. The van der Waals surface area contributed by atoms with Gasteiger partial charge in [0.25, 0.3) is 5.91 Å². The van der Waals surface area contributed by atoms with Gasteiger partial charge in [0.05, 0.1) is 0 Å². The highest BCUT2D eigenvalue weighted by molar-refractivity contribution is 9.10. The number of halogens is 2. The molecular formula is C15H16BrFN2O2. The molecule has 0 aromatic heterocycles. The molecule has 0 spiro atoms. The summed E-state index contributed by atoms with van der Waals surface area (Å²) in [6.45, 7) is 3.46. The Labute approximate surface area is 131 Å². The molecule has 1 amide bonds. The average molecular weight is 355 g/mol. The van der Waals surface area contributed by atoms with Gasteiger partial charge in [-0.1, -0.05) is 15.9 Å². The molecule has 1 rings (SSSR count). The van der Waals surface area contributed by atoms with Gasteiger partial charge in [0.1, 0.15) is 17.5 Å². The minimum absolute atomic E-state index is 0.136. The molecule has 1 aromatic rings. The molecular weight excluding hydrogens is 339 g/mol. The van der Waals surface area contributed by atoms with Crippen LogP contribution in [0.3, 0.4) is 0 Å². The van der Waals surface area contributed by atoms with E-state index in [1.54, 1.807) is 12.1 Å². The van der Waals surface area contributed by atoms with Crippen molar-refractivity contribution < 1.29 is 13.9 Å². The normalized spacial score (nSPS) is 11.0. The maximum Gasteiger partial charge on any atom is 0.261 e. The first kappa shape index (κ1) is 17.3. The van der Waals surface area contributed by atoms with Gasteiger partial charge in [-0.3, -0.25) is 4.79 Å². The van der Waals surface area contributed by atoms with E-state index >= 15 is 0 Å². The number of hydrogen-bond donors (Lipinski definition) is 1. The molecule has 0 aliphatic rings. The number of ether oxygens (including phenoxy) is 1. The van der Waals surface area contributed by atoms with E-state index in [4.69, 9.17) is 10.00 Å². The van der Waals surface area contributed by atoms with Gasteiger partial charge in [0.2, 0.25) is 0 Å². The number of amides is 1. The van der Waals surface area contributed by atoms with Crippen molar-refractivity contribution in [3.63, 3.8) is 0 Å². The quantitative estimate of drug-likeness (QED) is 0.465. The lowest BCUT2D eigenvalue weighted by Gasteiger charge is -2.05. The predicted octanol–water partition coefficient (Wildman–Crippen LogP) is 3.04. The van der Waals surface area contributed by atoms with Gasteiger partial charge in [-0.15, -0.1) is 0 Å². The van der Waals surface area contributed by atoms with Crippen molar-refractivity contribution >= 4 is 27.9 Å². The molecule has 0 aliphatic carbocycles. The summed E-state index contributed by atoms with van der Waals surface area (Å²) < 4.78 is 19.4. The molecule has 0 aliphatic heterocycles. The third-order valence-corrected chi connectivity index (χ3v) is 3.07. The van der Waals surface area contributed by atoms with Crippen LogP contribution in [0.5, 0.6) is 0 Å². The van der Waals surface area contributed by atoms with E-state index in [-0.39, 0.29) is 11.1 Å². The van der Waals surface area contributed by atoms with Crippen LogP contribution in [-0.2, 0) is 9.53 Å². The van der Waals surface area contributed by atoms with Gasteiger partial charge >= 0.3 is 0 Å². The summed E-state index contributed by atoms with van der Waals surface area (Å²) in [6, 6.07) is 6.11. The second kappa shape index (κ2) is 9.27. The lowest BCUT2D eigenvalue weighted by molar-refractivity contribution is -0.117. The van der Waals surface area contributed by atoms with Gasteiger partial charge < -0.3 is 10.1 Å². The second-order valence-electron chi connectivity index (χ2n) is 4.14. The summed E-state index contributed by atoms with van der Waals surface area (Å²) in [5, 5.41) is 11.6. The van der Waals surface area contributed by atoms with Crippen molar-refractivity contribution in [1.82, 2.24) is 5.32 Å². The van der Waals surface area contributed by atoms with Gasteiger partial charge in [-0.05, 0) is 37.6 Å². The molecule has 0 heterocycles. The third-order valence-electron chi connectivity index (χ3n) is 2.58. The van der Waals surface area contributed by atoms with Gasteiger partial charge in [0, 0.05) is 29.8 Å². The van der Waals surface area contributed by atoms with Crippen LogP contribution in [0.25, 0.3) is 6.08 Å². The maximum absolute atomic E-state index is 13.6. The highest BCUT2D eigenvalue weighted by Gasteiger charge is 2.10. The molecule has 4 nitrogen and oxygen atoms in total. The van der Waals surface area contributed by atoms with Crippen LogP contribution in [-0.4, -0.2) is 25.7 Å². The van der Waals surface area contributed by atoms with Crippen LogP contribution in [0.2, 0.25) is 0 Å². The Bertz CT molecular complexity index is 567. The van der Waals surface area contributed by atoms with Gasteiger partial charge in [0.15, 0.2) is 0 Å². The van der Waals surface area contributed by atoms with Crippen LogP contribution < -0.4 is 5.32 Å². The summed E-state index contributed by atoms with van der Waals surface area (Å²) in [4.78, 5) is 11.8. The number of nitrogens with one attached hydrogen (secondary N) is 1. The summed E-state index contributed by atoms with van der Waals surface area (Å²) in [5.41, 5.74) is 0.0498. The van der Waals surface area contributed by atoms with Crippen LogP contribution in [0.1, 0.15) is 18.9 Å². The van der Waals surface area contributed by atoms with E-state index in [1.165, 1.54) is 18.2 Å². The molecule has 0 fully saturated rings. The fourth-order valence-electron chi connectivity index (χ4n) is 1.55. The minimum atomic E-state index is -0.520. The van der Waals surface area contributed by atoms with Crippen molar-refractivity contribution in [1.29, 1.82) is 5.26 Å². The molecule has 0 saturated heterocycles. The summed E-state index contributed by atoms with van der Waals surface area (Å²) in [7, 11) is 0. The maximum atomic E-state index is 13.6. The van der Waals surface area contributed by atoms with Gasteiger partial charge in [-0.25, -0.2) is 4.39 Å². The smallest absolute Gasteiger partial charge is 0.261 e. The average Bonchev–Trinajstić information content (AvgIpc) is 2.47. The number of hydrogen-bond acceptors (Lipinski definition) is 3. The van der Waals surface area contributed by atoms with Crippen LogP contribution in [0.4, 0.5) is 4.39 Å². The number of carbonyl (C=O) groups is 1. The fourth-order valence-corrected chi connectivity index (χ4v) is 1.92. The Hall–Kier alpha value is -1.71. The highest BCUT2D eigenvalue weighted by atomic mass is 79.9. The van der Waals surface area contributed by atoms with Crippen molar-refractivity contribution in [3.8, 4) is 6.07 Å². The molecule has 0 bridgehead atoms. The number of rotatable bonds is 7.